The first-order valence-corrected chi connectivity index (χ1v) is 8.78. The number of carboxylic acid groups (broad SMARTS) is 1. The van der Waals surface area contributed by atoms with E-state index in [1.54, 1.807) is 0 Å². The van der Waals surface area contributed by atoms with Crippen molar-refractivity contribution in [1.29, 1.82) is 0 Å². The van der Waals surface area contributed by atoms with E-state index in [4.69, 9.17) is 9.84 Å². The van der Waals surface area contributed by atoms with Gasteiger partial charge in [0.15, 0.2) is 0 Å². The van der Waals surface area contributed by atoms with E-state index in [9.17, 15) is 9.59 Å². The minimum atomic E-state index is -0.809. The molecule has 0 bridgehead atoms. The molecule has 6 nitrogen and oxygen atoms in total. The number of aromatic amines is 1. The number of aromatic nitrogens is 1. The molecule has 3 N–H and O–H groups in total. The standard InChI is InChI=1S/C20H28N2O4/c1-19(2,3)26-18(25)22-20(4,5)11-14-12-21-17-13(9-10-16(23)24)7-6-8-15(14)17/h6-8,12,21H,9-11H2,1-5H3,(H,22,25)(H,23,24). The highest BCUT2D eigenvalue weighted by Crippen LogP contribution is 2.26. The van der Waals surface area contributed by atoms with Gasteiger partial charge in [-0.2, -0.15) is 0 Å². The minimum absolute atomic E-state index is 0.0964. The van der Waals surface area contributed by atoms with Crippen LogP contribution in [0.1, 0.15) is 52.2 Å². The lowest BCUT2D eigenvalue weighted by atomic mass is 9.94. The lowest BCUT2D eigenvalue weighted by molar-refractivity contribution is -0.136. The van der Waals surface area contributed by atoms with Crippen LogP contribution >= 0.6 is 0 Å². The molecule has 142 valence electrons. The molecule has 0 radical (unpaired) electrons. The van der Waals surface area contributed by atoms with Gasteiger partial charge in [-0.25, -0.2) is 4.79 Å². The van der Waals surface area contributed by atoms with E-state index >= 15 is 0 Å². The van der Waals surface area contributed by atoms with Gasteiger partial charge >= 0.3 is 12.1 Å². The average molecular weight is 360 g/mol. The van der Waals surface area contributed by atoms with Gasteiger partial charge in [-0.3, -0.25) is 4.79 Å². The van der Waals surface area contributed by atoms with E-state index in [-0.39, 0.29) is 6.42 Å². The van der Waals surface area contributed by atoms with Crippen LogP contribution in [0.4, 0.5) is 4.79 Å². The van der Waals surface area contributed by atoms with Gasteiger partial charge in [0, 0.05) is 29.1 Å². The summed E-state index contributed by atoms with van der Waals surface area (Å²) in [5, 5.41) is 12.9. The van der Waals surface area contributed by atoms with Crippen molar-refractivity contribution >= 4 is 23.0 Å². The molecule has 0 saturated carbocycles. The van der Waals surface area contributed by atoms with Crippen molar-refractivity contribution in [2.75, 3.05) is 0 Å². The Morgan fingerprint density at radius 3 is 2.46 bits per heavy atom. The Kier molecular flexibility index (Phi) is 5.64. The van der Waals surface area contributed by atoms with Crippen molar-refractivity contribution in [1.82, 2.24) is 10.3 Å². The molecule has 2 aromatic rings. The number of carboxylic acids is 1. The first-order valence-electron chi connectivity index (χ1n) is 8.78. The Morgan fingerprint density at radius 2 is 1.85 bits per heavy atom. The molecule has 0 aliphatic rings. The molecule has 1 aromatic carbocycles. The second kappa shape index (κ2) is 7.40. The third kappa shape index (κ3) is 5.51. The molecule has 1 aromatic heterocycles. The van der Waals surface area contributed by atoms with Gasteiger partial charge < -0.3 is 20.1 Å². The topological polar surface area (TPSA) is 91.4 Å². The summed E-state index contributed by atoms with van der Waals surface area (Å²) in [6.07, 6.45) is 2.68. The molecule has 0 saturated heterocycles. The highest BCUT2D eigenvalue weighted by atomic mass is 16.6. The van der Waals surface area contributed by atoms with Crippen LogP contribution < -0.4 is 5.32 Å². The van der Waals surface area contributed by atoms with Crippen LogP contribution in [0.5, 0.6) is 0 Å². The van der Waals surface area contributed by atoms with E-state index < -0.39 is 23.2 Å². The maximum absolute atomic E-state index is 12.1. The summed E-state index contributed by atoms with van der Waals surface area (Å²) in [6, 6.07) is 5.88. The number of aryl methyl sites for hydroxylation is 1. The summed E-state index contributed by atoms with van der Waals surface area (Å²) in [7, 11) is 0. The van der Waals surface area contributed by atoms with E-state index in [1.807, 2.05) is 59.0 Å². The Morgan fingerprint density at radius 1 is 1.15 bits per heavy atom. The summed E-state index contributed by atoms with van der Waals surface area (Å²) < 4.78 is 5.34. The fourth-order valence-corrected chi connectivity index (χ4v) is 2.97. The molecule has 0 unspecified atom stereocenters. The molecule has 0 aliphatic carbocycles. The highest BCUT2D eigenvalue weighted by Gasteiger charge is 2.26. The number of amides is 1. The Bertz CT molecular complexity index is 800. The van der Waals surface area contributed by atoms with Crippen LogP contribution in [0.2, 0.25) is 0 Å². The number of nitrogens with one attached hydrogen (secondary N) is 2. The fourth-order valence-electron chi connectivity index (χ4n) is 2.97. The largest absolute Gasteiger partial charge is 0.481 e. The smallest absolute Gasteiger partial charge is 0.408 e. The van der Waals surface area contributed by atoms with Crippen molar-refractivity contribution in [2.24, 2.45) is 0 Å². The summed E-state index contributed by atoms with van der Waals surface area (Å²) in [6.45, 7) is 9.39. The molecule has 2 rings (SSSR count). The number of ether oxygens (including phenoxy) is 1. The van der Waals surface area contributed by atoms with Crippen LogP contribution in [-0.2, 0) is 22.4 Å². The number of fused-ring (bicyclic) bond motifs is 1. The molecule has 0 atom stereocenters. The monoisotopic (exact) mass is 360 g/mol. The van der Waals surface area contributed by atoms with Gasteiger partial charge in [0.25, 0.3) is 0 Å². The van der Waals surface area contributed by atoms with Crippen molar-refractivity contribution in [3.05, 3.63) is 35.5 Å². The molecular weight excluding hydrogens is 332 g/mol. The maximum atomic E-state index is 12.1. The SMILES string of the molecule is CC(C)(Cc1c[nH]c2c(CCC(=O)O)cccc12)NC(=O)OC(C)(C)C. The Balaban J connectivity index is 2.16. The predicted octanol–water partition coefficient (Wildman–Crippen LogP) is 4.03. The van der Waals surface area contributed by atoms with Gasteiger partial charge in [-0.15, -0.1) is 0 Å². The molecule has 1 heterocycles. The molecule has 0 aliphatic heterocycles. The second-order valence-electron chi connectivity index (χ2n) is 8.23. The number of carbonyl (C=O) groups excluding carboxylic acids is 1. The van der Waals surface area contributed by atoms with Crippen molar-refractivity contribution in [2.45, 2.75) is 65.0 Å². The molecule has 26 heavy (non-hydrogen) atoms. The normalized spacial score (nSPS) is 12.2. The summed E-state index contributed by atoms with van der Waals surface area (Å²) in [5.41, 5.74) is 1.97. The molecule has 1 amide bonds. The highest BCUT2D eigenvalue weighted by molar-refractivity contribution is 5.86. The van der Waals surface area contributed by atoms with Crippen LogP contribution in [-0.4, -0.2) is 33.3 Å². The Hall–Kier alpha value is -2.50. The number of aliphatic carboxylic acids is 1. The summed E-state index contributed by atoms with van der Waals surface area (Å²) in [5.74, 6) is -0.809. The summed E-state index contributed by atoms with van der Waals surface area (Å²) in [4.78, 5) is 26.2. The number of hydrogen-bond donors (Lipinski definition) is 3. The van der Waals surface area contributed by atoms with E-state index in [0.717, 1.165) is 22.0 Å². The number of benzene rings is 1. The number of hydrogen-bond acceptors (Lipinski definition) is 3. The second-order valence-corrected chi connectivity index (χ2v) is 8.23. The number of H-pyrrole nitrogens is 1. The third-order valence-corrected chi connectivity index (χ3v) is 3.97. The van der Waals surface area contributed by atoms with Gasteiger partial charge in [0.1, 0.15) is 5.60 Å². The van der Waals surface area contributed by atoms with Gasteiger partial charge in [-0.1, -0.05) is 18.2 Å². The predicted molar refractivity (Wildman–Crippen MR) is 101 cm³/mol. The van der Waals surface area contributed by atoms with Crippen LogP contribution in [0, 0.1) is 0 Å². The van der Waals surface area contributed by atoms with Crippen molar-refractivity contribution in [3.63, 3.8) is 0 Å². The van der Waals surface area contributed by atoms with E-state index in [1.165, 1.54) is 0 Å². The van der Waals surface area contributed by atoms with E-state index in [2.05, 4.69) is 10.3 Å². The zero-order valence-corrected chi connectivity index (χ0v) is 16.1. The number of rotatable bonds is 6. The number of alkyl carbamates (subject to hydrolysis) is 1. The lowest BCUT2D eigenvalue weighted by Gasteiger charge is -2.28. The number of carbonyl (C=O) groups is 2. The Labute approximate surface area is 153 Å². The van der Waals surface area contributed by atoms with Crippen molar-refractivity contribution < 1.29 is 19.4 Å². The molecule has 0 spiro atoms. The summed E-state index contributed by atoms with van der Waals surface area (Å²) >= 11 is 0. The quantitative estimate of drug-likeness (QED) is 0.725. The van der Waals surface area contributed by atoms with Crippen LogP contribution in [0.3, 0.4) is 0 Å². The molecule has 0 fully saturated rings. The van der Waals surface area contributed by atoms with Crippen LogP contribution in [0.25, 0.3) is 10.9 Å². The number of para-hydroxylation sites is 1. The zero-order chi connectivity index (χ0) is 19.5. The van der Waals surface area contributed by atoms with Gasteiger partial charge in [-0.05, 0) is 58.6 Å². The zero-order valence-electron chi connectivity index (χ0n) is 16.1. The van der Waals surface area contributed by atoms with E-state index in [0.29, 0.717) is 12.8 Å². The van der Waals surface area contributed by atoms with Crippen LogP contribution in [0.15, 0.2) is 24.4 Å². The fraction of sp³-hybridized carbons (Fsp3) is 0.500. The minimum Gasteiger partial charge on any atom is -0.481 e. The van der Waals surface area contributed by atoms with Crippen molar-refractivity contribution in [3.8, 4) is 0 Å². The third-order valence-electron chi connectivity index (χ3n) is 3.97. The van der Waals surface area contributed by atoms with Gasteiger partial charge in [0.2, 0.25) is 0 Å². The maximum Gasteiger partial charge on any atom is 0.408 e. The van der Waals surface area contributed by atoms with Gasteiger partial charge in [0.05, 0.1) is 0 Å². The average Bonchev–Trinajstić information content (AvgIpc) is 2.85. The first kappa shape index (κ1) is 19.8. The molecular formula is C20H28N2O4. The molecule has 6 heteroatoms. The first-order chi connectivity index (χ1) is 12.0. The lowest BCUT2D eigenvalue weighted by Crippen LogP contribution is -2.47.